The lowest BCUT2D eigenvalue weighted by atomic mass is 9.71. The van der Waals surface area contributed by atoms with Gasteiger partial charge in [0.15, 0.2) is 0 Å². The van der Waals surface area contributed by atoms with Crippen LogP contribution in [0.2, 0.25) is 5.02 Å². The molecule has 0 aromatic heterocycles. The first-order valence-corrected chi connectivity index (χ1v) is 18.2. The number of carbonyl (C=O) groups excluding carboxylic acids is 1. The summed E-state index contributed by atoms with van der Waals surface area (Å²) in [4.78, 5) is 35.3. The van der Waals surface area contributed by atoms with Crippen LogP contribution in [0.25, 0.3) is 5.57 Å². The van der Waals surface area contributed by atoms with E-state index >= 15 is 0 Å². The fourth-order valence-corrected chi connectivity index (χ4v) is 8.43. The maximum atomic E-state index is 12.1. The number of allylic oxidation sites excluding steroid dienone is 1. The third-order valence-corrected chi connectivity index (χ3v) is 11.3. The van der Waals surface area contributed by atoms with Crippen LogP contribution in [0.4, 0.5) is 10.5 Å². The minimum Gasteiger partial charge on any atom is -0.465 e. The van der Waals surface area contributed by atoms with Crippen molar-refractivity contribution < 1.29 is 19.4 Å². The summed E-state index contributed by atoms with van der Waals surface area (Å²) in [5.41, 5.74) is 6.35. The Labute approximate surface area is 291 Å². The number of carbonyl (C=O) groups is 2. The smallest absolute Gasteiger partial charge is 0.407 e. The van der Waals surface area contributed by atoms with Crippen molar-refractivity contribution in [1.82, 2.24) is 19.6 Å². The van der Waals surface area contributed by atoms with Crippen molar-refractivity contribution in [1.29, 1.82) is 0 Å². The highest BCUT2D eigenvalue weighted by atomic mass is 35.5. The lowest BCUT2D eigenvalue weighted by molar-refractivity contribution is 0.0410. The molecule has 9 nitrogen and oxygen atoms in total. The van der Waals surface area contributed by atoms with Crippen molar-refractivity contribution in [2.24, 2.45) is 5.41 Å². The number of piperazine rings is 2. The third-order valence-electron chi connectivity index (χ3n) is 11.0. The summed E-state index contributed by atoms with van der Waals surface area (Å²) >= 11 is 6.29. The van der Waals surface area contributed by atoms with Gasteiger partial charge in [0.1, 0.15) is 0 Å². The average molecular weight is 678 g/mol. The molecule has 1 unspecified atom stereocenters. The number of anilines is 1. The summed E-state index contributed by atoms with van der Waals surface area (Å²) in [5, 5.41) is 10.1. The Kier molecular flexibility index (Phi) is 11.3. The van der Waals surface area contributed by atoms with Crippen molar-refractivity contribution in [2.75, 3.05) is 90.0 Å². The molecule has 0 spiro atoms. The quantitative estimate of drug-likeness (QED) is 0.322. The SMILES string of the molecule is CCOC(=O)c1ccc(N2CCN(CC3=C(c4ccc(Cl)cc4)CCC(C)(CN4CCN(C5CCN(C(=O)O)CC5)CC4)C3)CC2)cc1. The molecule has 1 N–H and O–H groups in total. The maximum Gasteiger partial charge on any atom is 0.407 e. The first kappa shape index (κ1) is 34.7. The van der Waals surface area contributed by atoms with Crippen LogP contribution in [0.5, 0.6) is 0 Å². The largest absolute Gasteiger partial charge is 0.465 e. The second-order valence-electron chi connectivity index (χ2n) is 14.4. The van der Waals surface area contributed by atoms with Gasteiger partial charge < -0.3 is 24.5 Å². The Morgan fingerprint density at radius 2 is 1.52 bits per heavy atom. The van der Waals surface area contributed by atoms with Crippen molar-refractivity contribution >= 4 is 34.9 Å². The van der Waals surface area contributed by atoms with Crippen LogP contribution >= 0.6 is 11.6 Å². The molecule has 6 rings (SSSR count). The van der Waals surface area contributed by atoms with Crippen molar-refractivity contribution in [2.45, 2.75) is 52.0 Å². The van der Waals surface area contributed by atoms with Crippen LogP contribution in [0.1, 0.15) is 61.9 Å². The number of rotatable bonds is 9. The number of amides is 1. The van der Waals surface area contributed by atoms with Gasteiger partial charge in [-0.1, -0.05) is 36.2 Å². The maximum absolute atomic E-state index is 12.1. The lowest BCUT2D eigenvalue weighted by Crippen LogP contribution is -2.55. The van der Waals surface area contributed by atoms with Crippen LogP contribution in [-0.2, 0) is 4.74 Å². The van der Waals surface area contributed by atoms with E-state index in [2.05, 4.69) is 38.7 Å². The third kappa shape index (κ3) is 8.54. The number of carboxylic acid groups (broad SMARTS) is 1. The molecule has 10 heteroatoms. The Morgan fingerprint density at radius 1 is 0.875 bits per heavy atom. The number of piperidine rings is 1. The van der Waals surface area contributed by atoms with E-state index in [1.54, 1.807) is 10.5 Å². The highest BCUT2D eigenvalue weighted by molar-refractivity contribution is 6.30. The van der Waals surface area contributed by atoms with E-state index in [0.717, 1.165) is 102 Å². The van der Waals surface area contributed by atoms with Gasteiger partial charge in [-0.2, -0.15) is 0 Å². The average Bonchev–Trinajstić information content (AvgIpc) is 3.10. The number of ether oxygens (including phenoxy) is 1. The minimum atomic E-state index is -0.784. The number of hydrogen-bond acceptors (Lipinski definition) is 7. The molecule has 3 fully saturated rings. The van der Waals surface area contributed by atoms with Crippen LogP contribution in [0.15, 0.2) is 54.1 Å². The first-order valence-electron chi connectivity index (χ1n) is 17.9. The monoisotopic (exact) mass is 677 g/mol. The molecule has 0 bridgehead atoms. The predicted octanol–water partition coefficient (Wildman–Crippen LogP) is 6.04. The molecule has 1 aliphatic carbocycles. The van der Waals surface area contributed by atoms with Gasteiger partial charge in [-0.15, -0.1) is 0 Å². The lowest BCUT2D eigenvalue weighted by Gasteiger charge is -2.46. The number of nitrogens with zero attached hydrogens (tertiary/aromatic N) is 5. The van der Waals surface area contributed by atoms with Gasteiger partial charge in [0.2, 0.25) is 0 Å². The van der Waals surface area contributed by atoms with E-state index in [1.807, 2.05) is 43.3 Å². The van der Waals surface area contributed by atoms with Gasteiger partial charge in [0, 0.05) is 95.3 Å². The summed E-state index contributed by atoms with van der Waals surface area (Å²) in [6, 6.07) is 16.8. The zero-order chi connectivity index (χ0) is 33.7. The van der Waals surface area contributed by atoms with Gasteiger partial charge >= 0.3 is 12.1 Å². The zero-order valence-corrected chi connectivity index (χ0v) is 29.5. The summed E-state index contributed by atoms with van der Waals surface area (Å²) in [5.74, 6) is -0.268. The molecule has 0 radical (unpaired) electrons. The predicted molar refractivity (Wildman–Crippen MR) is 192 cm³/mol. The second-order valence-corrected chi connectivity index (χ2v) is 14.9. The minimum absolute atomic E-state index is 0.225. The summed E-state index contributed by atoms with van der Waals surface area (Å²) in [7, 11) is 0. The number of halogens is 1. The molecule has 2 aromatic carbocycles. The molecular formula is C38H52ClN5O4. The topological polar surface area (TPSA) is 79.8 Å². The molecule has 1 atom stereocenters. The fourth-order valence-electron chi connectivity index (χ4n) is 8.31. The van der Waals surface area contributed by atoms with Crippen LogP contribution in [0, 0.1) is 5.41 Å². The molecule has 260 valence electrons. The molecule has 4 aliphatic rings. The fraction of sp³-hybridized carbons (Fsp3) is 0.579. The molecular weight excluding hydrogens is 626 g/mol. The van der Waals surface area contributed by atoms with Gasteiger partial charge in [0.25, 0.3) is 0 Å². The van der Waals surface area contributed by atoms with Crippen LogP contribution in [0.3, 0.4) is 0 Å². The standard InChI is InChI=1S/C38H52ClN5O4/c1-3-48-36(45)30-6-10-33(11-7-30)42-22-18-40(19-23-42)27-31-26-38(2,15-12-35(31)29-4-8-32(39)9-5-29)28-41-20-24-43(25-21-41)34-13-16-44(17-14-34)37(46)47/h4-11,34H,3,12-28H2,1-2H3,(H,46,47). The second kappa shape index (κ2) is 15.6. The normalized spacial score (nSPS) is 23.8. The van der Waals surface area contributed by atoms with Crippen LogP contribution in [-0.4, -0.2) is 128 Å². The van der Waals surface area contributed by atoms with Gasteiger partial charge in [-0.25, -0.2) is 9.59 Å². The van der Waals surface area contributed by atoms with E-state index in [9.17, 15) is 14.7 Å². The van der Waals surface area contributed by atoms with E-state index in [0.29, 0.717) is 31.3 Å². The molecule has 3 heterocycles. The Balaban J connectivity index is 1.06. The van der Waals surface area contributed by atoms with Gasteiger partial charge in [0.05, 0.1) is 12.2 Å². The molecule has 1 amide bonds. The van der Waals surface area contributed by atoms with E-state index < -0.39 is 6.09 Å². The summed E-state index contributed by atoms with van der Waals surface area (Å²) in [6.07, 6.45) is 4.48. The number of benzene rings is 2. The number of esters is 1. The van der Waals surface area contributed by atoms with Crippen LogP contribution < -0.4 is 4.90 Å². The zero-order valence-electron chi connectivity index (χ0n) is 28.7. The highest BCUT2D eigenvalue weighted by Crippen LogP contribution is 2.44. The molecule has 48 heavy (non-hydrogen) atoms. The Bertz CT molecular complexity index is 1430. The van der Waals surface area contributed by atoms with Crippen molar-refractivity contribution in [3.05, 3.63) is 70.3 Å². The van der Waals surface area contributed by atoms with E-state index in [-0.39, 0.29) is 11.4 Å². The number of likely N-dealkylation sites (tertiary alicyclic amines) is 1. The molecule has 3 saturated heterocycles. The molecule has 2 aromatic rings. The van der Waals surface area contributed by atoms with E-state index in [1.165, 1.54) is 17.6 Å². The molecule has 3 aliphatic heterocycles. The highest BCUT2D eigenvalue weighted by Gasteiger charge is 2.36. The van der Waals surface area contributed by atoms with Gasteiger partial charge in [-0.05, 0) is 92.0 Å². The molecule has 0 saturated carbocycles. The summed E-state index contributed by atoms with van der Waals surface area (Å²) in [6.45, 7) is 16.4. The number of hydrogen-bond donors (Lipinski definition) is 1. The first-order chi connectivity index (χ1) is 23.2. The Morgan fingerprint density at radius 3 is 2.15 bits per heavy atom. The van der Waals surface area contributed by atoms with Crippen molar-refractivity contribution in [3.8, 4) is 0 Å². The summed E-state index contributed by atoms with van der Waals surface area (Å²) < 4.78 is 5.15. The Hall–Kier alpha value is -3.11. The van der Waals surface area contributed by atoms with Gasteiger partial charge in [-0.3, -0.25) is 9.80 Å². The van der Waals surface area contributed by atoms with Crippen molar-refractivity contribution in [3.63, 3.8) is 0 Å². The van der Waals surface area contributed by atoms with E-state index in [4.69, 9.17) is 16.3 Å².